The first-order chi connectivity index (χ1) is 10.1. The fourth-order valence-electron chi connectivity index (χ4n) is 2.33. The van der Waals surface area contributed by atoms with Crippen molar-refractivity contribution >= 4 is 11.6 Å². The van der Waals surface area contributed by atoms with Gasteiger partial charge < -0.3 is 9.84 Å². The van der Waals surface area contributed by atoms with Gasteiger partial charge in [0.05, 0.1) is 7.11 Å². The van der Waals surface area contributed by atoms with Gasteiger partial charge in [0.25, 0.3) is 0 Å². The first-order valence-electron chi connectivity index (χ1n) is 6.80. The summed E-state index contributed by atoms with van der Waals surface area (Å²) in [7, 11) is 1.62. The summed E-state index contributed by atoms with van der Waals surface area (Å²) in [6.45, 7) is -0.000718. The van der Waals surface area contributed by atoms with Crippen LogP contribution in [0.5, 0.6) is 5.75 Å². The van der Waals surface area contributed by atoms with Crippen LogP contribution in [0.4, 0.5) is 4.39 Å². The van der Waals surface area contributed by atoms with Crippen molar-refractivity contribution in [2.75, 3.05) is 13.7 Å². The molecule has 0 spiro atoms. The van der Waals surface area contributed by atoms with E-state index >= 15 is 0 Å². The van der Waals surface area contributed by atoms with Gasteiger partial charge in [0.2, 0.25) is 0 Å². The lowest BCUT2D eigenvalue weighted by Crippen LogP contribution is -2.14. The maximum Gasteiger partial charge on any atom is 0.127 e. The fourth-order valence-corrected chi connectivity index (χ4v) is 2.49. The lowest BCUT2D eigenvalue weighted by atomic mass is 9.93. The van der Waals surface area contributed by atoms with Gasteiger partial charge in [-0.15, -0.1) is 0 Å². The van der Waals surface area contributed by atoms with Crippen molar-refractivity contribution in [2.24, 2.45) is 5.92 Å². The molecule has 0 saturated carbocycles. The molecule has 0 fully saturated rings. The first kappa shape index (κ1) is 15.8. The molecular weight excluding hydrogens is 291 g/mol. The zero-order valence-corrected chi connectivity index (χ0v) is 12.6. The predicted octanol–water partition coefficient (Wildman–Crippen LogP) is 3.88. The minimum Gasteiger partial charge on any atom is -0.497 e. The first-order valence-corrected chi connectivity index (χ1v) is 7.18. The fraction of sp³-hybridized carbons (Fsp3) is 0.294. The monoisotopic (exact) mass is 308 g/mol. The number of aliphatic hydroxyl groups is 1. The molecular formula is C17H18ClFO2. The largest absolute Gasteiger partial charge is 0.497 e. The highest BCUT2D eigenvalue weighted by Crippen LogP contribution is 2.21. The molecule has 112 valence electrons. The molecule has 2 rings (SSSR count). The van der Waals surface area contributed by atoms with Gasteiger partial charge in [0.15, 0.2) is 0 Å². The van der Waals surface area contributed by atoms with Crippen LogP contribution in [0.25, 0.3) is 0 Å². The Morgan fingerprint density at radius 1 is 1.19 bits per heavy atom. The average molecular weight is 309 g/mol. The number of ether oxygens (including phenoxy) is 1. The second kappa shape index (κ2) is 7.43. The van der Waals surface area contributed by atoms with Gasteiger partial charge in [0.1, 0.15) is 11.6 Å². The van der Waals surface area contributed by atoms with Crippen molar-refractivity contribution < 1.29 is 14.2 Å². The third kappa shape index (κ3) is 4.45. The minimum absolute atomic E-state index is 0.000718. The van der Waals surface area contributed by atoms with Crippen LogP contribution in [-0.2, 0) is 12.8 Å². The van der Waals surface area contributed by atoms with E-state index in [4.69, 9.17) is 16.3 Å². The third-order valence-corrected chi connectivity index (χ3v) is 3.68. The molecule has 0 aliphatic heterocycles. The van der Waals surface area contributed by atoms with Crippen molar-refractivity contribution in [3.8, 4) is 5.75 Å². The smallest absolute Gasteiger partial charge is 0.127 e. The van der Waals surface area contributed by atoms with Gasteiger partial charge in [-0.05, 0) is 54.2 Å². The van der Waals surface area contributed by atoms with E-state index < -0.39 is 0 Å². The van der Waals surface area contributed by atoms with Crippen LogP contribution in [0.15, 0.2) is 42.5 Å². The van der Waals surface area contributed by atoms with Gasteiger partial charge in [-0.25, -0.2) is 4.39 Å². The Hall–Kier alpha value is -1.58. The van der Waals surface area contributed by atoms with Gasteiger partial charge >= 0.3 is 0 Å². The maximum atomic E-state index is 13.8. The van der Waals surface area contributed by atoms with Crippen molar-refractivity contribution in [2.45, 2.75) is 12.8 Å². The van der Waals surface area contributed by atoms with Crippen LogP contribution in [0.2, 0.25) is 5.02 Å². The van der Waals surface area contributed by atoms with E-state index in [2.05, 4.69) is 0 Å². The Morgan fingerprint density at radius 2 is 2.00 bits per heavy atom. The molecule has 4 heteroatoms. The van der Waals surface area contributed by atoms with E-state index in [1.807, 2.05) is 24.3 Å². The molecule has 21 heavy (non-hydrogen) atoms. The summed E-state index contributed by atoms with van der Waals surface area (Å²) in [5.74, 6) is 0.404. The SMILES string of the molecule is COc1cccc(CC(CO)Cc2ccc(Cl)cc2F)c1. The normalized spacial score (nSPS) is 12.2. The molecule has 0 aliphatic carbocycles. The van der Waals surface area contributed by atoms with Crippen LogP contribution in [0, 0.1) is 11.7 Å². The van der Waals surface area contributed by atoms with E-state index in [1.54, 1.807) is 19.2 Å². The summed E-state index contributed by atoms with van der Waals surface area (Å²) in [5, 5.41) is 9.92. The standard InChI is InChI=1S/C17H18ClFO2/c1-21-16-4-2-3-12(9-16)7-13(11-20)8-14-5-6-15(18)10-17(14)19/h2-6,9-10,13,20H,7-8,11H2,1H3. The van der Waals surface area contributed by atoms with Crippen LogP contribution in [0.3, 0.4) is 0 Å². The minimum atomic E-state index is -0.327. The molecule has 0 saturated heterocycles. The molecule has 0 heterocycles. The summed E-state index contributed by atoms with van der Waals surface area (Å²) in [4.78, 5) is 0. The van der Waals surface area contributed by atoms with Crippen molar-refractivity contribution in [1.82, 2.24) is 0 Å². The van der Waals surface area contributed by atoms with Crippen molar-refractivity contribution in [3.05, 3.63) is 64.4 Å². The number of rotatable bonds is 6. The molecule has 2 aromatic carbocycles. The molecule has 0 aromatic heterocycles. The lowest BCUT2D eigenvalue weighted by Gasteiger charge is -2.15. The second-order valence-corrected chi connectivity index (χ2v) is 5.48. The van der Waals surface area contributed by atoms with Gasteiger partial charge in [-0.2, -0.15) is 0 Å². The zero-order chi connectivity index (χ0) is 15.2. The van der Waals surface area contributed by atoms with Gasteiger partial charge in [-0.3, -0.25) is 0 Å². The summed E-state index contributed by atoms with van der Waals surface area (Å²) in [5.41, 5.74) is 1.63. The maximum absolute atomic E-state index is 13.8. The molecule has 0 bridgehead atoms. The number of halogens is 2. The number of hydrogen-bond acceptors (Lipinski definition) is 2. The van der Waals surface area contributed by atoms with Crippen LogP contribution >= 0.6 is 11.6 Å². The van der Waals surface area contributed by atoms with E-state index in [1.165, 1.54) is 6.07 Å². The van der Waals surface area contributed by atoms with E-state index in [0.29, 0.717) is 23.4 Å². The van der Waals surface area contributed by atoms with Gasteiger partial charge in [-0.1, -0.05) is 29.8 Å². The van der Waals surface area contributed by atoms with E-state index in [9.17, 15) is 9.50 Å². The zero-order valence-electron chi connectivity index (χ0n) is 11.9. The summed E-state index contributed by atoms with van der Waals surface area (Å²) >= 11 is 5.75. The highest BCUT2D eigenvalue weighted by atomic mass is 35.5. The molecule has 2 aromatic rings. The number of benzene rings is 2. The highest BCUT2D eigenvalue weighted by Gasteiger charge is 2.13. The molecule has 1 unspecified atom stereocenters. The van der Waals surface area contributed by atoms with E-state index in [-0.39, 0.29) is 18.3 Å². The molecule has 1 atom stereocenters. The molecule has 2 nitrogen and oxygen atoms in total. The quantitative estimate of drug-likeness (QED) is 0.877. The Labute approximate surface area is 129 Å². The van der Waals surface area contributed by atoms with Gasteiger partial charge in [0, 0.05) is 11.6 Å². The molecule has 1 N–H and O–H groups in total. The lowest BCUT2D eigenvalue weighted by molar-refractivity contribution is 0.224. The Kier molecular flexibility index (Phi) is 5.59. The van der Waals surface area contributed by atoms with Crippen LogP contribution in [0.1, 0.15) is 11.1 Å². The topological polar surface area (TPSA) is 29.5 Å². The average Bonchev–Trinajstić information content (AvgIpc) is 2.49. The highest BCUT2D eigenvalue weighted by molar-refractivity contribution is 6.30. The summed E-state index contributed by atoms with van der Waals surface area (Å²) in [6.07, 6.45) is 1.13. The van der Waals surface area contributed by atoms with Crippen molar-refractivity contribution in [3.63, 3.8) is 0 Å². The summed E-state index contributed by atoms with van der Waals surface area (Å²) in [6, 6.07) is 12.3. The molecule has 0 amide bonds. The Balaban J connectivity index is 2.09. The third-order valence-electron chi connectivity index (χ3n) is 3.44. The number of aliphatic hydroxyl groups excluding tert-OH is 1. The molecule has 0 aliphatic rings. The van der Waals surface area contributed by atoms with Crippen LogP contribution in [-0.4, -0.2) is 18.8 Å². The van der Waals surface area contributed by atoms with E-state index in [0.717, 1.165) is 11.3 Å². The van der Waals surface area contributed by atoms with Crippen molar-refractivity contribution in [1.29, 1.82) is 0 Å². The van der Waals surface area contributed by atoms with Crippen LogP contribution < -0.4 is 4.74 Å². The number of methoxy groups -OCH3 is 1. The number of hydrogen-bond donors (Lipinski definition) is 1. The second-order valence-electron chi connectivity index (χ2n) is 5.04. The molecule has 0 radical (unpaired) electrons. The Bertz CT molecular complexity index is 601. The summed E-state index contributed by atoms with van der Waals surface area (Å²) < 4.78 is 19.0. The Morgan fingerprint density at radius 3 is 2.67 bits per heavy atom. The predicted molar refractivity (Wildman–Crippen MR) is 82.4 cm³/mol.